The second-order valence-electron chi connectivity index (χ2n) is 8.58. The fourth-order valence-electron chi connectivity index (χ4n) is 4.59. The number of hydrogen-bond donors (Lipinski definition) is 0. The van der Waals surface area contributed by atoms with Crippen LogP contribution in [0.2, 0.25) is 0 Å². The molecule has 0 spiro atoms. The predicted octanol–water partition coefficient (Wildman–Crippen LogP) is 5.79. The van der Waals surface area contributed by atoms with Gasteiger partial charge >= 0.3 is 0 Å². The van der Waals surface area contributed by atoms with Gasteiger partial charge in [0.15, 0.2) is 5.76 Å². The summed E-state index contributed by atoms with van der Waals surface area (Å²) in [5.41, 5.74) is 4.33. The number of carbonyl (C=O) groups is 1. The van der Waals surface area contributed by atoms with E-state index in [1.807, 2.05) is 49.4 Å². The fourth-order valence-corrected chi connectivity index (χ4v) is 4.97. The van der Waals surface area contributed by atoms with Crippen LogP contribution in [0.4, 0.5) is 0 Å². The van der Waals surface area contributed by atoms with Crippen molar-refractivity contribution in [2.45, 2.75) is 19.9 Å². The zero-order chi connectivity index (χ0) is 24.5. The Balaban J connectivity index is 1.38. The summed E-state index contributed by atoms with van der Waals surface area (Å²) in [6, 6.07) is 15.6. The predicted molar refractivity (Wildman–Crippen MR) is 137 cm³/mol. The van der Waals surface area contributed by atoms with Gasteiger partial charge in [-0.15, -0.1) is 0 Å². The summed E-state index contributed by atoms with van der Waals surface area (Å²) in [6.45, 7) is 3.93. The summed E-state index contributed by atoms with van der Waals surface area (Å²) in [5.74, 6) is 3.05. The third-order valence-corrected chi connectivity index (χ3v) is 6.86. The van der Waals surface area contributed by atoms with Gasteiger partial charge in [-0.1, -0.05) is 34.1 Å². The van der Waals surface area contributed by atoms with Crippen molar-refractivity contribution in [3.63, 3.8) is 0 Å². The van der Waals surface area contributed by atoms with E-state index in [0.717, 1.165) is 51.2 Å². The molecule has 3 aromatic rings. The zero-order valence-electron chi connectivity index (χ0n) is 19.9. The average molecular weight is 536 g/mol. The topological polar surface area (TPSA) is 57.2 Å². The van der Waals surface area contributed by atoms with E-state index in [0.29, 0.717) is 30.3 Å². The summed E-state index contributed by atoms with van der Waals surface area (Å²) < 4.78 is 24.0. The van der Waals surface area contributed by atoms with Crippen LogP contribution in [0.1, 0.15) is 32.6 Å². The van der Waals surface area contributed by atoms with Gasteiger partial charge in [0.05, 0.1) is 19.8 Å². The van der Waals surface area contributed by atoms with Gasteiger partial charge < -0.3 is 18.9 Å². The molecule has 7 heteroatoms. The lowest BCUT2D eigenvalue weighted by Gasteiger charge is -2.30. The molecule has 5 rings (SSSR count). The van der Waals surface area contributed by atoms with Crippen molar-refractivity contribution in [3.05, 3.63) is 86.6 Å². The van der Waals surface area contributed by atoms with Gasteiger partial charge in [-0.05, 0) is 55.3 Å². The number of carbonyl (C=O) groups excluding carboxylic acids is 1. The van der Waals surface area contributed by atoms with Gasteiger partial charge in [0.25, 0.3) is 0 Å². The summed E-state index contributed by atoms with van der Waals surface area (Å²) in [6.07, 6.45) is 2.57. The number of benzene rings is 3. The number of hydrogen-bond acceptors (Lipinski definition) is 6. The number of methoxy groups -OCH3 is 2. The average Bonchev–Trinajstić information content (AvgIpc) is 3.18. The summed E-state index contributed by atoms with van der Waals surface area (Å²) >= 11 is 3.48. The van der Waals surface area contributed by atoms with Crippen LogP contribution in [0.5, 0.6) is 23.0 Å². The van der Waals surface area contributed by atoms with E-state index in [1.165, 1.54) is 0 Å². The van der Waals surface area contributed by atoms with Crippen molar-refractivity contribution in [1.82, 2.24) is 4.90 Å². The van der Waals surface area contributed by atoms with E-state index in [1.54, 1.807) is 20.3 Å². The number of ketones is 1. The van der Waals surface area contributed by atoms with Crippen molar-refractivity contribution >= 4 is 27.8 Å². The number of rotatable bonds is 6. The third-order valence-electron chi connectivity index (χ3n) is 6.37. The molecule has 2 aliphatic rings. The second kappa shape index (κ2) is 9.76. The lowest BCUT2D eigenvalue weighted by atomic mass is 9.99. The molecule has 0 N–H and O–H groups in total. The first-order valence-corrected chi connectivity index (χ1v) is 12.2. The Hall–Kier alpha value is -3.29. The molecule has 6 nitrogen and oxygen atoms in total. The van der Waals surface area contributed by atoms with E-state index in [9.17, 15) is 4.79 Å². The minimum Gasteiger partial charge on any atom is -0.496 e. The number of para-hydroxylation sites is 1. The Bertz CT molecular complexity index is 1330. The monoisotopic (exact) mass is 535 g/mol. The maximum Gasteiger partial charge on any atom is 0.231 e. The Morgan fingerprint density at radius 2 is 1.86 bits per heavy atom. The van der Waals surface area contributed by atoms with Crippen LogP contribution in [0.25, 0.3) is 6.08 Å². The van der Waals surface area contributed by atoms with Crippen LogP contribution < -0.4 is 18.9 Å². The molecule has 0 saturated carbocycles. The van der Waals surface area contributed by atoms with Gasteiger partial charge in [-0.2, -0.15) is 0 Å². The smallest absolute Gasteiger partial charge is 0.231 e. The standard InChI is InChI=1S/C28H26BrNO5/c1-17-27-20(15-30(16-34-27)11-10-18-6-4-5-7-23(18)32-2)13-22-26(31)25(35-28(17)22)14-19-12-21(29)8-9-24(19)33-3/h4-9,12-14H,10-11,15-16H2,1-3H3/b25-14-. The first-order valence-electron chi connectivity index (χ1n) is 11.4. The summed E-state index contributed by atoms with van der Waals surface area (Å²) in [7, 11) is 3.30. The number of halogens is 1. The maximum absolute atomic E-state index is 13.3. The van der Waals surface area contributed by atoms with Crippen LogP contribution in [-0.4, -0.2) is 38.2 Å². The van der Waals surface area contributed by atoms with Crippen molar-refractivity contribution in [1.29, 1.82) is 0 Å². The highest BCUT2D eigenvalue weighted by molar-refractivity contribution is 9.10. The quantitative estimate of drug-likeness (QED) is 0.372. The first-order chi connectivity index (χ1) is 17.0. The number of allylic oxidation sites excluding steroid dienone is 1. The van der Waals surface area contributed by atoms with E-state index in [2.05, 4.69) is 26.9 Å². The van der Waals surface area contributed by atoms with Gasteiger partial charge in [-0.25, -0.2) is 0 Å². The largest absolute Gasteiger partial charge is 0.496 e. The van der Waals surface area contributed by atoms with Crippen molar-refractivity contribution in [2.24, 2.45) is 0 Å². The summed E-state index contributed by atoms with van der Waals surface area (Å²) in [4.78, 5) is 15.5. The number of nitrogens with zero attached hydrogens (tertiary/aromatic N) is 1. The van der Waals surface area contributed by atoms with Crippen LogP contribution in [0.15, 0.2) is 58.8 Å². The number of fused-ring (bicyclic) bond motifs is 2. The third kappa shape index (κ3) is 4.54. The molecule has 3 aromatic carbocycles. The molecule has 0 saturated heterocycles. The molecule has 0 amide bonds. The Morgan fingerprint density at radius 1 is 1.06 bits per heavy atom. The minimum atomic E-state index is -0.140. The van der Waals surface area contributed by atoms with E-state index < -0.39 is 0 Å². The molecule has 0 bridgehead atoms. The molecular formula is C28H26BrNO5. The molecule has 2 aliphatic heterocycles. The Kier molecular flexibility index (Phi) is 6.54. The van der Waals surface area contributed by atoms with Gasteiger partial charge in [-0.3, -0.25) is 9.69 Å². The molecule has 0 fully saturated rings. The molecule has 0 aliphatic carbocycles. The van der Waals surface area contributed by atoms with Crippen LogP contribution in [0.3, 0.4) is 0 Å². The highest BCUT2D eigenvalue weighted by atomic mass is 79.9. The minimum absolute atomic E-state index is 0.140. The van der Waals surface area contributed by atoms with Crippen LogP contribution in [0, 0.1) is 6.92 Å². The first kappa shape index (κ1) is 23.5. The van der Waals surface area contributed by atoms with E-state index >= 15 is 0 Å². The van der Waals surface area contributed by atoms with Crippen molar-refractivity contribution in [2.75, 3.05) is 27.5 Å². The Morgan fingerprint density at radius 3 is 2.66 bits per heavy atom. The highest BCUT2D eigenvalue weighted by Gasteiger charge is 2.33. The maximum atomic E-state index is 13.3. The van der Waals surface area contributed by atoms with E-state index in [-0.39, 0.29) is 11.5 Å². The second-order valence-corrected chi connectivity index (χ2v) is 9.50. The molecule has 35 heavy (non-hydrogen) atoms. The SMILES string of the molecule is COc1ccc(Br)cc1/C=C1\Oc2c(cc3c(c2C)OCN(CCc2ccccc2OC)C3)C1=O. The normalized spacial score (nSPS) is 15.9. The molecule has 0 atom stereocenters. The summed E-state index contributed by atoms with van der Waals surface area (Å²) in [5, 5.41) is 0. The van der Waals surface area contributed by atoms with Gasteiger partial charge in [0.1, 0.15) is 29.7 Å². The molecular weight excluding hydrogens is 510 g/mol. The zero-order valence-corrected chi connectivity index (χ0v) is 21.5. The molecule has 0 aromatic heterocycles. The van der Waals surface area contributed by atoms with Gasteiger partial charge in [0, 0.05) is 34.3 Å². The Labute approximate surface area is 213 Å². The highest BCUT2D eigenvalue weighted by Crippen LogP contribution is 2.43. The number of Topliss-reactive ketones (excluding diaryl/α,β-unsaturated/α-hetero) is 1. The molecule has 0 radical (unpaired) electrons. The van der Waals surface area contributed by atoms with Gasteiger partial charge in [0.2, 0.25) is 5.78 Å². The van der Waals surface area contributed by atoms with Crippen molar-refractivity contribution < 1.29 is 23.7 Å². The molecule has 180 valence electrons. The molecule has 2 heterocycles. The van der Waals surface area contributed by atoms with Crippen LogP contribution in [-0.2, 0) is 13.0 Å². The number of ether oxygens (including phenoxy) is 4. The molecule has 0 unspecified atom stereocenters. The van der Waals surface area contributed by atoms with E-state index in [4.69, 9.17) is 18.9 Å². The fraction of sp³-hybridized carbons (Fsp3) is 0.250. The van der Waals surface area contributed by atoms with Crippen LogP contribution >= 0.6 is 15.9 Å². The lowest BCUT2D eigenvalue weighted by molar-refractivity contribution is 0.0952. The lowest BCUT2D eigenvalue weighted by Crippen LogP contribution is -2.34. The van der Waals surface area contributed by atoms with Crippen molar-refractivity contribution in [3.8, 4) is 23.0 Å².